The fourth-order valence-electron chi connectivity index (χ4n) is 3.35. The number of rotatable bonds is 10. The van der Waals surface area contributed by atoms with E-state index in [0.717, 1.165) is 30.3 Å². The van der Waals surface area contributed by atoms with E-state index in [0.29, 0.717) is 11.1 Å². The van der Waals surface area contributed by atoms with E-state index in [1.54, 1.807) is 0 Å². The van der Waals surface area contributed by atoms with Gasteiger partial charge >= 0.3 is 0 Å². The molecule has 1 N–H and O–H groups in total. The van der Waals surface area contributed by atoms with Crippen molar-refractivity contribution >= 4 is 8.32 Å². The highest BCUT2D eigenvalue weighted by Crippen LogP contribution is 2.30. The molecule has 2 nitrogen and oxygen atoms in total. The van der Waals surface area contributed by atoms with Gasteiger partial charge in [-0.3, -0.25) is 0 Å². The van der Waals surface area contributed by atoms with Gasteiger partial charge in [-0.15, -0.1) is 0 Å². The van der Waals surface area contributed by atoms with Gasteiger partial charge in [0.05, 0.1) is 6.10 Å². The van der Waals surface area contributed by atoms with E-state index in [2.05, 4.69) is 26.1 Å². The van der Waals surface area contributed by atoms with Crippen molar-refractivity contribution < 1.29 is 22.0 Å². The molecule has 2 aromatic rings. The first-order valence-electron chi connectivity index (χ1n) is 9.60. The third kappa shape index (κ3) is 6.15. The summed E-state index contributed by atoms with van der Waals surface area (Å²) in [5, 5.41) is 3.11. The van der Waals surface area contributed by atoms with Gasteiger partial charge in [-0.2, -0.15) is 0 Å². The van der Waals surface area contributed by atoms with E-state index in [4.69, 9.17) is 4.43 Å². The molecule has 28 heavy (non-hydrogen) atoms. The molecule has 0 aromatic heterocycles. The second kappa shape index (κ2) is 10.2. The molecule has 0 fully saturated rings. The predicted octanol–water partition coefficient (Wildman–Crippen LogP) is 6.10. The van der Waals surface area contributed by atoms with Crippen molar-refractivity contribution in [3.05, 3.63) is 70.8 Å². The molecule has 7 heteroatoms. The van der Waals surface area contributed by atoms with Crippen LogP contribution in [-0.4, -0.2) is 14.9 Å². The average molecular weight is 414 g/mol. The van der Waals surface area contributed by atoms with Gasteiger partial charge in [-0.25, -0.2) is 17.6 Å². The number of nitrogens with one attached hydrogen (secondary N) is 1. The summed E-state index contributed by atoms with van der Waals surface area (Å²) >= 11 is 0. The van der Waals surface area contributed by atoms with E-state index < -0.39 is 37.7 Å². The Hall–Kier alpha value is -1.70. The van der Waals surface area contributed by atoms with Gasteiger partial charge in [0, 0.05) is 25.2 Å². The normalized spacial score (nSPS) is 13.0. The molecule has 0 aliphatic carbocycles. The van der Waals surface area contributed by atoms with Crippen LogP contribution >= 0.6 is 0 Å². The molecular weight excluding hydrogens is 386 g/mol. The van der Waals surface area contributed by atoms with Crippen LogP contribution in [0.2, 0.25) is 18.1 Å². The van der Waals surface area contributed by atoms with Crippen LogP contribution in [0.3, 0.4) is 0 Å². The van der Waals surface area contributed by atoms with Crippen molar-refractivity contribution in [3.63, 3.8) is 0 Å². The standard InChI is InChI=1S/C21H27F4NOSi/c1-4-28(5-2,6-3)27-21(16-9-19(24)12-20(25)10-16)14-26-13-15-7-17(22)11-18(23)8-15/h7-12,21,26H,4-6,13-14H2,1-3H3. The lowest BCUT2D eigenvalue weighted by molar-refractivity contribution is 0.185. The molecule has 154 valence electrons. The van der Waals surface area contributed by atoms with E-state index in [9.17, 15) is 17.6 Å². The average Bonchev–Trinajstić information content (AvgIpc) is 2.63. The Morgan fingerprint density at radius 2 is 1.25 bits per heavy atom. The monoisotopic (exact) mass is 413 g/mol. The number of benzene rings is 2. The topological polar surface area (TPSA) is 21.3 Å². The maximum absolute atomic E-state index is 13.8. The van der Waals surface area contributed by atoms with Gasteiger partial charge in [0.1, 0.15) is 23.3 Å². The van der Waals surface area contributed by atoms with Crippen molar-refractivity contribution in [1.82, 2.24) is 5.32 Å². The van der Waals surface area contributed by atoms with Crippen molar-refractivity contribution in [2.75, 3.05) is 6.54 Å². The Balaban J connectivity index is 2.19. The van der Waals surface area contributed by atoms with Gasteiger partial charge in [0.15, 0.2) is 8.32 Å². The van der Waals surface area contributed by atoms with Crippen LogP contribution < -0.4 is 5.32 Å². The fourth-order valence-corrected chi connectivity index (χ4v) is 6.17. The summed E-state index contributed by atoms with van der Waals surface area (Å²) < 4.78 is 60.7. The third-order valence-electron chi connectivity index (χ3n) is 5.16. The van der Waals surface area contributed by atoms with Crippen LogP contribution in [-0.2, 0) is 11.0 Å². The van der Waals surface area contributed by atoms with Gasteiger partial charge in [0.2, 0.25) is 0 Å². The maximum atomic E-state index is 13.8. The summed E-state index contributed by atoms with van der Waals surface area (Å²) in [6, 6.07) is 9.36. The zero-order valence-electron chi connectivity index (χ0n) is 16.5. The Bertz CT molecular complexity index is 734. The summed E-state index contributed by atoms with van der Waals surface area (Å²) in [6.07, 6.45) is -0.546. The van der Waals surface area contributed by atoms with Crippen LogP contribution in [0.25, 0.3) is 0 Å². The molecule has 2 rings (SSSR count). The van der Waals surface area contributed by atoms with Gasteiger partial charge in [0.25, 0.3) is 0 Å². The quantitative estimate of drug-likeness (QED) is 0.376. The summed E-state index contributed by atoms with van der Waals surface area (Å²) in [5.41, 5.74) is 0.870. The zero-order chi connectivity index (χ0) is 20.7. The minimum absolute atomic E-state index is 0.214. The molecule has 0 saturated carbocycles. The minimum Gasteiger partial charge on any atom is -0.409 e. The molecule has 0 aliphatic heterocycles. The van der Waals surface area contributed by atoms with E-state index in [-0.39, 0.29) is 13.1 Å². The first kappa shape index (κ1) is 22.6. The van der Waals surface area contributed by atoms with Crippen LogP contribution in [0.4, 0.5) is 17.6 Å². The predicted molar refractivity (Wildman–Crippen MR) is 105 cm³/mol. The highest BCUT2D eigenvalue weighted by atomic mass is 28.4. The highest BCUT2D eigenvalue weighted by molar-refractivity contribution is 6.73. The Labute approximate surface area is 165 Å². The van der Waals surface area contributed by atoms with Crippen molar-refractivity contribution in [3.8, 4) is 0 Å². The van der Waals surface area contributed by atoms with E-state index in [1.807, 2.05) is 0 Å². The summed E-state index contributed by atoms with van der Waals surface area (Å²) in [7, 11) is -2.05. The Morgan fingerprint density at radius 3 is 1.71 bits per heavy atom. The molecule has 0 bridgehead atoms. The lowest BCUT2D eigenvalue weighted by Crippen LogP contribution is -2.39. The molecule has 0 amide bonds. The highest BCUT2D eigenvalue weighted by Gasteiger charge is 2.32. The molecule has 0 spiro atoms. The van der Waals surface area contributed by atoms with Crippen LogP contribution in [0, 0.1) is 23.3 Å². The molecule has 2 aromatic carbocycles. The third-order valence-corrected chi connectivity index (χ3v) is 9.81. The molecule has 0 heterocycles. The maximum Gasteiger partial charge on any atom is 0.192 e. The van der Waals surface area contributed by atoms with E-state index in [1.165, 1.54) is 24.3 Å². The van der Waals surface area contributed by atoms with Crippen LogP contribution in [0.15, 0.2) is 36.4 Å². The smallest absolute Gasteiger partial charge is 0.192 e. The summed E-state index contributed by atoms with van der Waals surface area (Å²) in [6.45, 7) is 6.71. The van der Waals surface area contributed by atoms with E-state index >= 15 is 0 Å². The molecule has 0 aliphatic rings. The Morgan fingerprint density at radius 1 is 0.786 bits per heavy atom. The molecule has 0 radical (unpaired) electrons. The number of hydrogen-bond donors (Lipinski definition) is 1. The first-order valence-corrected chi connectivity index (χ1v) is 12.1. The minimum atomic E-state index is -2.05. The molecule has 1 unspecified atom stereocenters. The van der Waals surface area contributed by atoms with Gasteiger partial charge in [-0.05, 0) is 53.5 Å². The van der Waals surface area contributed by atoms with Crippen LogP contribution in [0.5, 0.6) is 0 Å². The second-order valence-corrected chi connectivity index (χ2v) is 11.7. The van der Waals surface area contributed by atoms with Gasteiger partial charge < -0.3 is 9.74 Å². The van der Waals surface area contributed by atoms with Crippen molar-refractivity contribution in [2.45, 2.75) is 51.6 Å². The number of halogens is 4. The zero-order valence-corrected chi connectivity index (χ0v) is 17.5. The summed E-state index contributed by atoms with van der Waals surface area (Å²) in [5.74, 6) is -2.61. The molecule has 1 atom stereocenters. The van der Waals surface area contributed by atoms with Crippen molar-refractivity contribution in [1.29, 1.82) is 0 Å². The second-order valence-electron chi connectivity index (χ2n) is 6.96. The van der Waals surface area contributed by atoms with Crippen LogP contribution in [0.1, 0.15) is 38.0 Å². The lowest BCUT2D eigenvalue weighted by atomic mass is 10.1. The van der Waals surface area contributed by atoms with Gasteiger partial charge in [-0.1, -0.05) is 20.8 Å². The molecular formula is C21H27F4NOSi. The largest absolute Gasteiger partial charge is 0.409 e. The summed E-state index contributed by atoms with van der Waals surface area (Å²) in [4.78, 5) is 0. The lowest BCUT2D eigenvalue weighted by Gasteiger charge is -2.34. The van der Waals surface area contributed by atoms with Crippen molar-refractivity contribution in [2.24, 2.45) is 0 Å². The molecule has 0 saturated heterocycles. The number of hydrogen-bond acceptors (Lipinski definition) is 2. The fraction of sp³-hybridized carbons (Fsp3) is 0.429. The SMILES string of the molecule is CC[Si](CC)(CC)OC(CNCc1cc(F)cc(F)c1)c1cc(F)cc(F)c1. The Kier molecular flexibility index (Phi) is 8.21. The first-order chi connectivity index (χ1) is 13.3.